The molecule has 5 heteroatoms. The zero-order valence-electron chi connectivity index (χ0n) is 11.8. The molecule has 3 nitrogen and oxygen atoms in total. The van der Waals surface area contributed by atoms with Gasteiger partial charge in [0.15, 0.2) is 0 Å². The fourth-order valence-electron chi connectivity index (χ4n) is 2.15. The van der Waals surface area contributed by atoms with E-state index in [9.17, 15) is 8.42 Å². The highest BCUT2D eigenvalue weighted by Crippen LogP contribution is 2.19. The summed E-state index contributed by atoms with van der Waals surface area (Å²) < 4.78 is 27.2. The molecular formula is C16H18BrNO2S. The lowest BCUT2D eigenvalue weighted by Crippen LogP contribution is -2.20. The maximum absolute atomic E-state index is 12.3. The molecule has 0 saturated carbocycles. The predicted octanol–water partition coefficient (Wildman–Crippen LogP) is 4.13. The Hall–Kier alpha value is -1.33. The number of hydrogen-bond acceptors (Lipinski definition) is 2. The van der Waals surface area contributed by atoms with Crippen LogP contribution in [-0.4, -0.2) is 14.2 Å². The first-order valence-corrected chi connectivity index (χ1v) is 9.48. The summed E-state index contributed by atoms with van der Waals surface area (Å²) in [5.41, 5.74) is 2.66. The number of benzene rings is 2. The second-order valence-corrected chi connectivity index (χ2v) is 7.36. The molecule has 1 unspecified atom stereocenters. The van der Waals surface area contributed by atoms with E-state index >= 15 is 0 Å². The van der Waals surface area contributed by atoms with Gasteiger partial charge in [0.2, 0.25) is 10.0 Å². The Morgan fingerprint density at radius 3 is 2.48 bits per heavy atom. The number of rotatable bonds is 6. The zero-order valence-corrected chi connectivity index (χ0v) is 14.2. The average molecular weight is 368 g/mol. The first-order chi connectivity index (χ1) is 10.00. The molecular weight excluding hydrogens is 350 g/mol. The van der Waals surface area contributed by atoms with Crippen LogP contribution in [0, 0.1) is 0 Å². The summed E-state index contributed by atoms with van der Waals surface area (Å²) in [6.45, 7) is 1.92. The van der Waals surface area contributed by atoms with Gasteiger partial charge in [-0.3, -0.25) is 4.72 Å². The van der Waals surface area contributed by atoms with Crippen LogP contribution in [0.5, 0.6) is 0 Å². The number of sulfonamides is 1. The molecule has 21 heavy (non-hydrogen) atoms. The van der Waals surface area contributed by atoms with Crippen molar-refractivity contribution in [3.8, 4) is 0 Å². The van der Waals surface area contributed by atoms with E-state index < -0.39 is 10.0 Å². The summed E-state index contributed by atoms with van der Waals surface area (Å²) >= 11 is 3.36. The van der Waals surface area contributed by atoms with Gasteiger partial charge in [0.1, 0.15) is 0 Å². The molecule has 0 amide bonds. The van der Waals surface area contributed by atoms with Crippen LogP contribution in [0.4, 0.5) is 5.69 Å². The van der Waals surface area contributed by atoms with Crippen molar-refractivity contribution in [2.45, 2.75) is 18.2 Å². The lowest BCUT2D eigenvalue weighted by molar-refractivity contribution is 0.595. The SMILES string of the molecule is CC(CS(=O)(=O)Nc1cccc(CBr)c1)c1ccccc1. The normalized spacial score (nSPS) is 12.9. The van der Waals surface area contributed by atoms with Crippen LogP contribution in [0.15, 0.2) is 54.6 Å². The predicted molar refractivity (Wildman–Crippen MR) is 91.3 cm³/mol. The number of alkyl halides is 1. The second kappa shape index (κ2) is 7.09. The van der Waals surface area contributed by atoms with Crippen LogP contribution in [0.25, 0.3) is 0 Å². The van der Waals surface area contributed by atoms with Gasteiger partial charge in [0.05, 0.1) is 5.75 Å². The highest BCUT2D eigenvalue weighted by atomic mass is 79.9. The third-order valence-electron chi connectivity index (χ3n) is 3.19. The number of hydrogen-bond donors (Lipinski definition) is 1. The van der Waals surface area contributed by atoms with E-state index in [4.69, 9.17) is 0 Å². The molecule has 0 fully saturated rings. The molecule has 0 heterocycles. The highest BCUT2D eigenvalue weighted by molar-refractivity contribution is 9.08. The molecule has 2 aromatic rings. The minimum Gasteiger partial charge on any atom is -0.284 e. The number of anilines is 1. The Bertz CT molecular complexity index is 686. The van der Waals surface area contributed by atoms with Crippen LogP contribution in [0.2, 0.25) is 0 Å². The lowest BCUT2D eigenvalue weighted by Gasteiger charge is -2.14. The molecule has 1 atom stereocenters. The third-order valence-corrected chi connectivity index (χ3v) is 5.33. The van der Waals surface area contributed by atoms with Crippen LogP contribution >= 0.6 is 15.9 Å². The third kappa shape index (κ3) is 4.86. The lowest BCUT2D eigenvalue weighted by atomic mass is 10.0. The smallest absolute Gasteiger partial charge is 0.233 e. The van der Waals surface area contributed by atoms with Crippen molar-refractivity contribution >= 4 is 31.6 Å². The first-order valence-electron chi connectivity index (χ1n) is 6.70. The topological polar surface area (TPSA) is 46.2 Å². The van der Waals surface area contributed by atoms with E-state index in [0.717, 1.165) is 11.1 Å². The van der Waals surface area contributed by atoms with Crippen molar-refractivity contribution < 1.29 is 8.42 Å². The zero-order chi connectivity index (χ0) is 15.3. The molecule has 0 bridgehead atoms. The molecule has 0 saturated heterocycles. The van der Waals surface area contributed by atoms with Gasteiger partial charge in [-0.1, -0.05) is 65.3 Å². The van der Waals surface area contributed by atoms with Gasteiger partial charge in [0.25, 0.3) is 0 Å². The highest BCUT2D eigenvalue weighted by Gasteiger charge is 2.17. The van der Waals surface area contributed by atoms with Crippen molar-refractivity contribution in [2.75, 3.05) is 10.5 Å². The number of halogens is 1. The van der Waals surface area contributed by atoms with Gasteiger partial charge in [-0.2, -0.15) is 0 Å². The Labute approximate surface area is 134 Å². The van der Waals surface area contributed by atoms with Crippen LogP contribution in [0.1, 0.15) is 24.0 Å². The molecule has 1 N–H and O–H groups in total. The van der Waals surface area contributed by atoms with Gasteiger partial charge in [-0.15, -0.1) is 0 Å². The van der Waals surface area contributed by atoms with E-state index in [1.807, 2.05) is 55.5 Å². The average Bonchev–Trinajstić information content (AvgIpc) is 2.47. The summed E-state index contributed by atoms with van der Waals surface area (Å²) in [7, 11) is -3.37. The Balaban J connectivity index is 2.08. The van der Waals surface area contributed by atoms with Gasteiger partial charge < -0.3 is 0 Å². The van der Waals surface area contributed by atoms with Gasteiger partial charge in [-0.05, 0) is 29.2 Å². The summed E-state index contributed by atoms with van der Waals surface area (Å²) in [5.74, 6) is 0.0123. The van der Waals surface area contributed by atoms with Gasteiger partial charge >= 0.3 is 0 Å². The Morgan fingerprint density at radius 2 is 1.81 bits per heavy atom. The van der Waals surface area contributed by atoms with Crippen molar-refractivity contribution in [3.05, 3.63) is 65.7 Å². The standard InChI is InChI=1S/C16H18BrNO2S/c1-13(15-7-3-2-4-8-15)12-21(19,20)18-16-9-5-6-14(10-16)11-17/h2-10,13,18H,11-12H2,1H3. The van der Waals surface area contributed by atoms with E-state index in [2.05, 4.69) is 20.7 Å². The monoisotopic (exact) mass is 367 g/mol. The van der Waals surface area contributed by atoms with E-state index in [1.54, 1.807) is 6.07 Å². The largest absolute Gasteiger partial charge is 0.284 e. The molecule has 0 aliphatic carbocycles. The second-order valence-electron chi connectivity index (χ2n) is 5.03. The van der Waals surface area contributed by atoms with Crippen molar-refractivity contribution in [2.24, 2.45) is 0 Å². The molecule has 112 valence electrons. The van der Waals surface area contributed by atoms with E-state index in [1.165, 1.54) is 0 Å². The first kappa shape index (κ1) is 16.0. The minimum absolute atomic E-state index is 0.0527. The molecule has 0 aliphatic heterocycles. The molecule has 0 radical (unpaired) electrons. The molecule has 2 aromatic carbocycles. The Kier molecular flexibility index (Phi) is 5.42. The van der Waals surface area contributed by atoms with Crippen molar-refractivity contribution in [1.29, 1.82) is 0 Å². The quantitative estimate of drug-likeness (QED) is 0.780. The molecule has 0 aromatic heterocycles. The maximum Gasteiger partial charge on any atom is 0.233 e. The Morgan fingerprint density at radius 1 is 1.10 bits per heavy atom. The van der Waals surface area contributed by atoms with Crippen LogP contribution in [-0.2, 0) is 15.4 Å². The van der Waals surface area contributed by atoms with Crippen molar-refractivity contribution in [3.63, 3.8) is 0 Å². The summed E-state index contributed by atoms with van der Waals surface area (Å²) in [6, 6.07) is 17.0. The summed E-state index contributed by atoms with van der Waals surface area (Å²) in [5, 5.41) is 0.697. The molecule has 2 rings (SSSR count). The van der Waals surface area contributed by atoms with E-state index in [-0.39, 0.29) is 11.7 Å². The summed E-state index contributed by atoms with van der Waals surface area (Å²) in [6.07, 6.45) is 0. The fourth-order valence-corrected chi connectivity index (χ4v) is 3.91. The maximum atomic E-state index is 12.3. The molecule has 0 aliphatic rings. The van der Waals surface area contributed by atoms with Crippen LogP contribution < -0.4 is 4.72 Å². The van der Waals surface area contributed by atoms with Gasteiger partial charge in [-0.25, -0.2) is 8.42 Å². The van der Waals surface area contributed by atoms with E-state index in [0.29, 0.717) is 11.0 Å². The van der Waals surface area contributed by atoms with Crippen molar-refractivity contribution in [1.82, 2.24) is 0 Å². The number of nitrogens with one attached hydrogen (secondary N) is 1. The van der Waals surface area contributed by atoms with Crippen LogP contribution in [0.3, 0.4) is 0 Å². The van der Waals surface area contributed by atoms with Gasteiger partial charge in [0, 0.05) is 11.0 Å². The molecule has 0 spiro atoms. The minimum atomic E-state index is -3.37. The summed E-state index contributed by atoms with van der Waals surface area (Å²) in [4.78, 5) is 0. The fraction of sp³-hybridized carbons (Fsp3) is 0.250.